The van der Waals surface area contributed by atoms with Crippen molar-refractivity contribution >= 4 is 23.2 Å². The van der Waals surface area contributed by atoms with Gasteiger partial charge in [-0.25, -0.2) is 9.78 Å². The van der Waals surface area contributed by atoms with Crippen molar-refractivity contribution in [2.24, 2.45) is 0 Å². The molecule has 0 saturated carbocycles. The number of nitrogens with one attached hydrogen (secondary N) is 1. The molecule has 0 aliphatic carbocycles. The van der Waals surface area contributed by atoms with Crippen LogP contribution in [-0.2, 0) is 23.2 Å². The number of nitrogens with zero attached hydrogens (tertiary/aromatic N) is 1. The number of carbonyl (C=O) groups excluding carboxylic acids is 1. The lowest BCUT2D eigenvalue weighted by molar-refractivity contribution is -0.120. The Hall–Kier alpha value is -2.21. The molecule has 0 fully saturated rings. The standard InChI is InChI=1S/C18H22N2O3S/c1-11-6-5-7-12(8-11)10-19-14(21)9-13-15(16(22)23)24-17(20-13)18(2,3)4/h5-8H,9-10H2,1-4H3,(H,19,21)(H,22,23). The predicted molar refractivity (Wildman–Crippen MR) is 94.5 cm³/mol. The molecule has 0 radical (unpaired) electrons. The second-order valence-electron chi connectivity index (χ2n) is 6.79. The van der Waals surface area contributed by atoms with Gasteiger partial charge in [0.05, 0.1) is 17.1 Å². The summed E-state index contributed by atoms with van der Waals surface area (Å²) < 4.78 is 0. The molecule has 1 aromatic heterocycles. The van der Waals surface area contributed by atoms with Gasteiger partial charge in [0.2, 0.25) is 5.91 Å². The molecule has 0 unspecified atom stereocenters. The lowest BCUT2D eigenvalue weighted by atomic mass is 9.98. The fraction of sp³-hybridized carbons (Fsp3) is 0.389. The van der Waals surface area contributed by atoms with E-state index in [1.165, 1.54) is 0 Å². The zero-order valence-corrected chi connectivity index (χ0v) is 15.2. The highest BCUT2D eigenvalue weighted by Gasteiger charge is 2.25. The second-order valence-corrected chi connectivity index (χ2v) is 7.79. The molecule has 1 aromatic carbocycles. The maximum atomic E-state index is 12.2. The lowest BCUT2D eigenvalue weighted by Crippen LogP contribution is -2.25. The van der Waals surface area contributed by atoms with Crippen molar-refractivity contribution < 1.29 is 14.7 Å². The minimum atomic E-state index is -1.04. The van der Waals surface area contributed by atoms with Gasteiger partial charge < -0.3 is 10.4 Å². The van der Waals surface area contributed by atoms with Crippen LogP contribution in [0, 0.1) is 6.92 Å². The van der Waals surface area contributed by atoms with E-state index in [1.807, 2.05) is 52.0 Å². The Morgan fingerprint density at radius 2 is 2.00 bits per heavy atom. The average Bonchev–Trinajstić information content (AvgIpc) is 2.89. The monoisotopic (exact) mass is 346 g/mol. The Morgan fingerprint density at radius 1 is 1.29 bits per heavy atom. The molecule has 0 spiro atoms. The molecule has 1 heterocycles. The summed E-state index contributed by atoms with van der Waals surface area (Å²) >= 11 is 1.14. The van der Waals surface area contributed by atoms with Crippen molar-refractivity contribution in [3.63, 3.8) is 0 Å². The van der Waals surface area contributed by atoms with Gasteiger partial charge in [0.1, 0.15) is 4.88 Å². The summed E-state index contributed by atoms with van der Waals surface area (Å²) in [6.45, 7) is 8.32. The van der Waals surface area contributed by atoms with Crippen LogP contribution in [0.1, 0.15) is 52.3 Å². The highest BCUT2D eigenvalue weighted by atomic mass is 32.1. The number of hydrogen-bond donors (Lipinski definition) is 2. The molecular weight excluding hydrogens is 324 g/mol. The first-order valence-electron chi connectivity index (χ1n) is 7.72. The van der Waals surface area contributed by atoms with E-state index in [-0.39, 0.29) is 22.6 Å². The fourth-order valence-electron chi connectivity index (χ4n) is 2.20. The molecule has 6 heteroatoms. The molecular formula is C18H22N2O3S. The molecule has 2 aromatic rings. The van der Waals surface area contributed by atoms with E-state index in [0.29, 0.717) is 12.2 Å². The molecule has 2 rings (SSSR count). The lowest BCUT2D eigenvalue weighted by Gasteiger charge is -2.13. The van der Waals surface area contributed by atoms with Gasteiger partial charge in [0, 0.05) is 12.0 Å². The molecule has 0 atom stereocenters. The van der Waals surface area contributed by atoms with Crippen molar-refractivity contribution in [2.45, 2.75) is 46.1 Å². The van der Waals surface area contributed by atoms with Crippen LogP contribution in [0.5, 0.6) is 0 Å². The van der Waals surface area contributed by atoms with Crippen molar-refractivity contribution in [3.05, 3.63) is 51.0 Å². The van der Waals surface area contributed by atoms with Crippen molar-refractivity contribution in [2.75, 3.05) is 0 Å². The summed E-state index contributed by atoms with van der Waals surface area (Å²) in [6, 6.07) is 7.88. The third-order valence-electron chi connectivity index (χ3n) is 3.43. The highest BCUT2D eigenvalue weighted by Crippen LogP contribution is 2.29. The first-order valence-corrected chi connectivity index (χ1v) is 8.54. The van der Waals surface area contributed by atoms with Gasteiger partial charge in [-0.2, -0.15) is 0 Å². The molecule has 0 aliphatic rings. The number of amides is 1. The summed E-state index contributed by atoms with van der Waals surface area (Å²) in [5.74, 6) is -1.27. The fourth-order valence-corrected chi connectivity index (χ4v) is 3.18. The third kappa shape index (κ3) is 4.64. The molecule has 1 amide bonds. The molecule has 24 heavy (non-hydrogen) atoms. The zero-order chi connectivity index (χ0) is 17.9. The zero-order valence-electron chi connectivity index (χ0n) is 14.3. The number of aromatic nitrogens is 1. The van der Waals surface area contributed by atoms with Gasteiger partial charge in [-0.05, 0) is 12.5 Å². The van der Waals surface area contributed by atoms with Gasteiger partial charge in [0.15, 0.2) is 0 Å². The Morgan fingerprint density at radius 3 is 2.58 bits per heavy atom. The first-order chi connectivity index (χ1) is 11.2. The maximum Gasteiger partial charge on any atom is 0.347 e. The Balaban J connectivity index is 2.08. The van der Waals surface area contributed by atoms with Crippen LogP contribution in [0.2, 0.25) is 0 Å². The molecule has 0 aliphatic heterocycles. The molecule has 5 nitrogen and oxygen atoms in total. The molecule has 0 saturated heterocycles. The SMILES string of the molecule is Cc1cccc(CNC(=O)Cc2nc(C(C)(C)C)sc2C(=O)O)c1. The number of hydrogen-bond acceptors (Lipinski definition) is 4. The summed E-state index contributed by atoms with van der Waals surface area (Å²) in [5.41, 5.74) is 2.23. The summed E-state index contributed by atoms with van der Waals surface area (Å²) in [4.78, 5) is 28.1. The predicted octanol–water partition coefficient (Wildman–Crippen LogP) is 3.31. The smallest absolute Gasteiger partial charge is 0.347 e. The maximum absolute atomic E-state index is 12.2. The number of carboxylic acid groups (broad SMARTS) is 1. The number of aryl methyl sites for hydroxylation is 1. The third-order valence-corrected chi connectivity index (χ3v) is 4.94. The quantitative estimate of drug-likeness (QED) is 0.870. The van der Waals surface area contributed by atoms with Gasteiger partial charge in [-0.3, -0.25) is 4.79 Å². The Kier molecular flexibility index (Phi) is 5.39. The molecule has 0 bridgehead atoms. The van der Waals surface area contributed by atoms with E-state index in [0.717, 1.165) is 27.5 Å². The Bertz CT molecular complexity index is 760. The van der Waals surface area contributed by atoms with Crippen molar-refractivity contribution in [1.82, 2.24) is 10.3 Å². The number of rotatable bonds is 5. The van der Waals surface area contributed by atoms with Crippen LogP contribution in [0.3, 0.4) is 0 Å². The average molecular weight is 346 g/mol. The Labute approximate surface area is 145 Å². The van der Waals surface area contributed by atoms with Crippen molar-refractivity contribution in [1.29, 1.82) is 0 Å². The number of carboxylic acids is 1. The summed E-state index contributed by atoms with van der Waals surface area (Å²) in [7, 11) is 0. The second kappa shape index (κ2) is 7.13. The number of carbonyl (C=O) groups is 2. The first kappa shape index (κ1) is 18.1. The topological polar surface area (TPSA) is 79.3 Å². The van der Waals surface area contributed by atoms with E-state index in [1.54, 1.807) is 0 Å². The van der Waals surface area contributed by atoms with E-state index < -0.39 is 5.97 Å². The van der Waals surface area contributed by atoms with Crippen LogP contribution >= 0.6 is 11.3 Å². The highest BCUT2D eigenvalue weighted by molar-refractivity contribution is 7.13. The minimum absolute atomic E-state index is 0.0277. The van der Waals surface area contributed by atoms with Gasteiger partial charge in [-0.15, -0.1) is 11.3 Å². The summed E-state index contributed by atoms with van der Waals surface area (Å²) in [5, 5.41) is 12.9. The van der Waals surface area contributed by atoms with Gasteiger partial charge in [0.25, 0.3) is 0 Å². The van der Waals surface area contributed by atoms with Crippen LogP contribution in [-0.4, -0.2) is 22.0 Å². The number of benzene rings is 1. The van der Waals surface area contributed by atoms with E-state index in [2.05, 4.69) is 10.3 Å². The largest absolute Gasteiger partial charge is 0.477 e. The van der Waals surface area contributed by atoms with E-state index >= 15 is 0 Å². The van der Waals surface area contributed by atoms with Gasteiger partial charge in [-0.1, -0.05) is 50.6 Å². The van der Waals surface area contributed by atoms with E-state index in [4.69, 9.17) is 0 Å². The van der Waals surface area contributed by atoms with Crippen LogP contribution in [0.15, 0.2) is 24.3 Å². The normalized spacial score (nSPS) is 11.3. The number of aromatic carboxylic acids is 1. The summed E-state index contributed by atoms with van der Waals surface area (Å²) in [6.07, 6.45) is -0.0277. The molecule has 2 N–H and O–H groups in total. The van der Waals surface area contributed by atoms with Crippen LogP contribution in [0.4, 0.5) is 0 Å². The van der Waals surface area contributed by atoms with Crippen LogP contribution in [0.25, 0.3) is 0 Å². The van der Waals surface area contributed by atoms with Crippen LogP contribution < -0.4 is 5.32 Å². The number of thiazole rings is 1. The van der Waals surface area contributed by atoms with Crippen molar-refractivity contribution in [3.8, 4) is 0 Å². The molecule has 128 valence electrons. The van der Waals surface area contributed by atoms with E-state index in [9.17, 15) is 14.7 Å². The minimum Gasteiger partial charge on any atom is -0.477 e. The van der Waals surface area contributed by atoms with Gasteiger partial charge >= 0.3 is 5.97 Å².